The minimum absolute atomic E-state index is 0.149. The van der Waals surface area contributed by atoms with Crippen molar-refractivity contribution in [3.05, 3.63) is 27.0 Å². The number of aromatic amines is 1. The fourth-order valence-electron chi connectivity index (χ4n) is 2.24. The van der Waals surface area contributed by atoms with E-state index in [-0.39, 0.29) is 5.75 Å². The molecule has 1 aliphatic rings. The Morgan fingerprint density at radius 2 is 2.15 bits per heavy atom. The van der Waals surface area contributed by atoms with Gasteiger partial charge in [-0.1, -0.05) is 0 Å². The van der Waals surface area contributed by atoms with Crippen LogP contribution >= 0.6 is 0 Å². The lowest BCUT2D eigenvalue weighted by atomic mass is 10.0. The van der Waals surface area contributed by atoms with Crippen molar-refractivity contribution in [2.75, 3.05) is 13.7 Å². The Morgan fingerprint density at radius 1 is 1.50 bits per heavy atom. The molecular formula is C11H16N2O7. The highest BCUT2D eigenvalue weighted by atomic mass is 16.6. The largest absolute Gasteiger partial charge is 0.490 e. The number of nitrogens with one attached hydrogen (secondary N) is 1. The molecule has 1 saturated heterocycles. The highest BCUT2D eigenvalue weighted by Gasteiger charge is 2.52. The van der Waals surface area contributed by atoms with Crippen LogP contribution in [-0.2, 0) is 10.5 Å². The van der Waals surface area contributed by atoms with Gasteiger partial charge in [-0.2, -0.15) is 0 Å². The molecule has 4 atom stereocenters. The molecule has 0 amide bonds. The molecule has 4 N–H and O–H groups in total. The van der Waals surface area contributed by atoms with Crippen LogP contribution in [0.1, 0.15) is 6.92 Å². The number of aliphatic hydroxyl groups is 3. The Bertz CT molecular complexity index is 610. The zero-order valence-corrected chi connectivity index (χ0v) is 10.9. The number of nitrogens with zero attached hydrogens (tertiary/aromatic N) is 1. The van der Waals surface area contributed by atoms with E-state index in [1.54, 1.807) is 0 Å². The van der Waals surface area contributed by atoms with E-state index in [2.05, 4.69) is 0 Å². The first kappa shape index (κ1) is 14.7. The molecule has 0 unspecified atom stereocenters. The van der Waals surface area contributed by atoms with E-state index in [0.29, 0.717) is 0 Å². The number of hydrogen-bond donors (Lipinski definition) is 4. The lowest BCUT2D eigenvalue weighted by molar-refractivity contribution is -0.137. The van der Waals surface area contributed by atoms with Crippen molar-refractivity contribution in [3.63, 3.8) is 0 Å². The van der Waals surface area contributed by atoms with E-state index < -0.39 is 41.9 Å². The van der Waals surface area contributed by atoms with Crippen molar-refractivity contribution in [2.45, 2.75) is 31.0 Å². The Kier molecular flexibility index (Phi) is 3.69. The van der Waals surface area contributed by atoms with E-state index in [0.717, 1.165) is 10.8 Å². The lowest BCUT2D eigenvalue weighted by Gasteiger charge is -2.29. The second-order valence-corrected chi connectivity index (χ2v) is 4.66. The van der Waals surface area contributed by atoms with Crippen molar-refractivity contribution in [1.29, 1.82) is 0 Å². The van der Waals surface area contributed by atoms with Crippen molar-refractivity contribution >= 4 is 0 Å². The molecule has 0 aliphatic carbocycles. The van der Waals surface area contributed by atoms with Crippen LogP contribution in [0.5, 0.6) is 5.75 Å². The smallest absolute Gasteiger partial charge is 0.330 e. The van der Waals surface area contributed by atoms with Gasteiger partial charge in [-0.15, -0.1) is 0 Å². The number of aliphatic hydroxyl groups excluding tert-OH is 3. The first-order valence-electron chi connectivity index (χ1n) is 5.90. The quantitative estimate of drug-likeness (QED) is 0.476. The molecule has 1 aromatic heterocycles. The van der Waals surface area contributed by atoms with Crippen LogP contribution in [0.4, 0.5) is 0 Å². The Hall–Kier alpha value is -1.68. The molecule has 0 spiro atoms. The van der Waals surface area contributed by atoms with Gasteiger partial charge in [-0.25, -0.2) is 4.79 Å². The Balaban J connectivity index is 2.56. The van der Waals surface area contributed by atoms with E-state index >= 15 is 0 Å². The van der Waals surface area contributed by atoms with Gasteiger partial charge in [0.25, 0.3) is 5.56 Å². The van der Waals surface area contributed by atoms with Gasteiger partial charge >= 0.3 is 5.69 Å². The van der Waals surface area contributed by atoms with Crippen LogP contribution < -0.4 is 16.0 Å². The van der Waals surface area contributed by atoms with Crippen molar-refractivity contribution < 1.29 is 24.8 Å². The fourth-order valence-corrected chi connectivity index (χ4v) is 2.24. The molecule has 0 saturated carbocycles. The second kappa shape index (κ2) is 5.02. The van der Waals surface area contributed by atoms with Crippen LogP contribution in [0.15, 0.2) is 15.8 Å². The average molecular weight is 288 g/mol. The number of hydrogen-bond acceptors (Lipinski definition) is 7. The van der Waals surface area contributed by atoms with Gasteiger partial charge in [-0.05, 0) is 6.92 Å². The molecule has 0 radical (unpaired) electrons. The van der Waals surface area contributed by atoms with Gasteiger partial charge in [0.15, 0.2) is 5.72 Å². The van der Waals surface area contributed by atoms with Crippen molar-refractivity contribution in [3.8, 4) is 5.75 Å². The molecule has 1 aliphatic heterocycles. The molecule has 9 nitrogen and oxygen atoms in total. The van der Waals surface area contributed by atoms with Gasteiger partial charge in [0.1, 0.15) is 18.3 Å². The zero-order valence-electron chi connectivity index (χ0n) is 10.9. The molecule has 1 aromatic rings. The number of aromatic nitrogens is 2. The summed E-state index contributed by atoms with van der Waals surface area (Å²) in [5.41, 5.74) is -3.19. The van der Waals surface area contributed by atoms with Gasteiger partial charge < -0.3 is 24.8 Å². The van der Waals surface area contributed by atoms with E-state index in [9.17, 15) is 19.8 Å². The minimum atomic E-state index is -1.64. The third kappa shape index (κ3) is 2.04. The number of ether oxygens (including phenoxy) is 2. The molecule has 0 bridgehead atoms. The van der Waals surface area contributed by atoms with Crippen LogP contribution in [-0.4, -0.2) is 56.9 Å². The van der Waals surface area contributed by atoms with Crippen LogP contribution in [0.3, 0.4) is 0 Å². The van der Waals surface area contributed by atoms with Gasteiger partial charge in [0, 0.05) is 0 Å². The molecule has 2 heterocycles. The molecule has 2 rings (SSSR count). The first-order chi connectivity index (χ1) is 9.35. The Morgan fingerprint density at radius 3 is 2.65 bits per heavy atom. The number of H-pyrrole nitrogens is 1. The average Bonchev–Trinajstić information content (AvgIpc) is 2.64. The van der Waals surface area contributed by atoms with Crippen molar-refractivity contribution in [2.24, 2.45) is 0 Å². The SMILES string of the molecule is COc1cn([C@]2(C)O[C@H](CO)[C@@H](O)[C@H]2O)c(=O)[nH]c1=O. The predicted molar refractivity (Wildman–Crippen MR) is 65.5 cm³/mol. The number of rotatable bonds is 3. The van der Waals surface area contributed by atoms with E-state index in [1.165, 1.54) is 14.0 Å². The highest BCUT2D eigenvalue weighted by molar-refractivity contribution is 5.14. The van der Waals surface area contributed by atoms with Crippen LogP contribution in [0, 0.1) is 0 Å². The summed E-state index contributed by atoms with van der Waals surface area (Å²) in [6, 6.07) is 0. The third-order valence-electron chi connectivity index (χ3n) is 3.43. The van der Waals surface area contributed by atoms with Crippen LogP contribution in [0.25, 0.3) is 0 Å². The third-order valence-corrected chi connectivity index (χ3v) is 3.43. The molecule has 112 valence electrons. The second-order valence-electron chi connectivity index (χ2n) is 4.66. The Labute approximate surface area is 113 Å². The summed E-state index contributed by atoms with van der Waals surface area (Å²) in [5.74, 6) is -0.149. The van der Waals surface area contributed by atoms with Gasteiger partial charge in [0.2, 0.25) is 5.75 Å². The maximum absolute atomic E-state index is 11.9. The molecule has 9 heteroatoms. The summed E-state index contributed by atoms with van der Waals surface area (Å²) < 4.78 is 11.1. The molecule has 0 aromatic carbocycles. The summed E-state index contributed by atoms with van der Waals surface area (Å²) in [6.07, 6.45) is -2.79. The monoisotopic (exact) mass is 288 g/mol. The van der Waals surface area contributed by atoms with Gasteiger partial charge in [0.05, 0.1) is 19.9 Å². The first-order valence-corrected chi connectivity index (χ1v) is 5.90. The summed E-state index contributed by atoms with van der Waals surface area (Å²) in [4.78, 5) is 25.3. The standard InChI is InChI=1S/C11H16N2O7/c1-11(8(16)7(15)6(4-14)20-11)13-3-5(19-2)9(17)12-10(13)18/h3,6-8,14-16H,4H2,1-2H3,(H,12,17,18)/t6-,7-,8-,11-/m1/s1. The molecule has 1 fully saturated rings. The molecular weight excluding hydrogens is 272 g/mol. The molecule has 20 heavy (non-hydrogen) atoms. The minimum Gasteiger partial charge on any atom is -0.490 e. The number of methoxy groups -OCH3 is 1. The fraction of sp³-hybridized carbons (Fsp3) is 0.636. The summed E-state index contributed by atoms with van der Waals surface area (Å²) in [7, 11) is 1.25. The van der Waals surface area contributed by atoms with Crippen molar-refractivity contribution in [1.82, 2.24) is 9.55 Å². The maximum atomic E-state index is 11.9. The van der Waals surface area contributed by atoms with E-state index in [1.807, 2.05) is 4.98 Å². The summed E-state index contributed by atoms with van der Waals surface area (Å²) in [6.45, 7) is 0.832. The van der Waals surface area contributed by atoms with Crippen LogP contribution in [0.2, 0.25) is 0 Å². The summed E-state index contributed by atoms with van der Waals surface area (Å²) in [5, 5.41) is 28.9. The maximum Gasteiger partial charge on any atom is 0.330 e. The summed E-state index contributed by atoms with van der Waals surface area (Å²) >= 11 is 0. The van der Waals surface area contributed by atoms with Gasteiger partial charge in [-0.3, -0.25) is 14.3 Å². The zero-order chi connectivity index (χ0) is 15.1. The normalized spacial score (nSPS) is 33.4. The van der Waals surface area contributed by atoms with E-state index in [4.69, 9.17) is 14.6 Å². The predicted octanol–water partition coefficient (Wildman–Crippen LogP) is -2.67. The highest BCUT2D eigenvalue weighted by Crippen LogP contribution is 2.34. The topological polar surface area (TPSA) is 134 Å². The lowest BCUT2D eigenvalue weighted by Crippen LogP contribution is -2.49.